The molecule has 0 spiro atoms. The van der Waals surface area contributed by atoms with Crippen molar-refractivity contribution in [1.29, 1.82) is 0 Å². The van der Waals surface area contributed by atoms with Crippen LogP contribution in [0.15, 0.2) is 164 Å². The third kappa shape index (κ3) is 4.20. The number of aromatic nitrogens is 3. The summed E-state index contributed by atoms with van der Waals surface area (Å²) in [5.41, 5.74) is 6.68. The van der Waals surface area contributed by atoms with E-state index in [1.165, 1.54) is 79.2 Å². The van der Waals surface area contributed by atoms with E-state index in [9.17, 15) is 0 Å². The zero-order valence-electron chi connectivity index (χ0n) is 28.2. The van der Waals surface area contributed by atoms with Crippen LogP contribution >= 0.6 is 22.7 Å². The molecule has 5 heteroatoms. The molecule has 0 amide bonds. The Morgan fingerprint density at radius 3 is 1.79 bits per heavy atom. The maximum Gasteiger partial charge on any atom is 0.236 e. The van der Waals surface area contributed by atoms with Crippen molar-refractivity contribution in [1.82, 2.24) is 14.5 Å². The zero-order valence-corrected chi connectivity index (χ0v) is 29.9. The Balaban J connectivity index is 1.17. The van der Waals surface area contributed by atoms with Gasteiger partial charge in [0.1, 0.15) is 4.83 Å². The normalized spacial score (nSPS) is 12.2. The van der Waals surface area contributed by atoms with Gasteiger partial charge in [0, 0.05) is 47.3 Å². The molecule has 0 aliphatic rings. The van der Waals surface area contributed by atoms with Gasteiger partial charge in [-0.05, 0) is 56.9 Å². The topological polar surface area (TPSA) is 30.7 Å². The van der Waals surface area contributed by atoms with Crippen LogP contribution in [0.5, 0.6) is 0 Å². The molecule has 4 heterocycles. The first-order valence-corrected chi connectivity index (χ1v) is 19.5. The lowest BCUT2D eigenvalue weighted by molar-refractivity contribution is 1.02. The summed E-state index contributed by atoms with van der Waals surface area (Å²) in [6, 6.07) is 59.2. The first-order valence-electron chi connectivity index (χ1n) is 17.8. The van der Waals surface area contributed by atoms with Gasteiger partial charge in [0.05, 0.1) is 21.4 Å². The van der Waals surface area contributed by atoms with Crippen LogP contribution in [0, 0.1) is 0 Å². The summed E-state index contributed by atoms with van der Waals surface area (Å²) in [5, 5.41) is 12.4. The van der Waals surface area contributed by atoms with Crippen molar-refractivity contribution < 1.29 is 0 Å². The van der Waals surface area contributed by atoms with Crippen molar-refractivity contribution in [3.63, 3.8) is 0 Å². The number of hydrogen-bond acceptors (Lipinski definition) is 4. The maximum atomic E-state index is 5.58. The summed E-state index contributed by atoms with van der Waals surface area (Å²) in [6.07, 6.45) is 0. The molecule has 0 aliphatic carbocycles. The molecule has 0 saturated carbocycles. The molecule has 12 aromatic rings. The zero-order chi connectivity index (χ0) is 34.6. The minimum Gasteiger partial charge on any atom is -0.276 e. The van der Waals surface area contributed by atoms with Crippen LogP contribution < -0.4 is 0 Å². The van der Waals surface area contributed by atoms with Crippen molar-refractivity contribution in [2.24, 2.45) is 0 Å². The number of thiophene rings is 2. The largest absolute Gasteiger partial charge is 0.276 e. The molecule has 0 N–H and O–H groups in total. The molecule has 53 heavy (non-hydrogen) atoms. The van der Waals surface area contributed by atoms with Crippen molar-refractivity contribution in [2.45, 2.75) is 0 Å². The number of hydrogen-bond donors (Lipinski definition) is 0. The second-order valence-electron chi connectivity index (χ2n) is 13.7. The van der Waals surface area contributed by atoms with Gasteiger partial charge in [-0.1, -0.05) is 140 Å². The van der Waals surface area contributed by atoms with Gasteiger partial charge in [-0.15, -0.1) is 22.7 Å². The van der Waals surface area contributed by atoms with Crippen LogP contribution in [-0.4, -0.2) is 14.5 Å². The molecule has 246 valence electrons. The van der Waals surface area contributed by atoms with E-state index in [4.69, 9.17) is 9.97 Å². The van der Waals surface area contributed by atoms with Gasteiger partial charge >= 0.3 is 0 Å². The van der Waals surface area contributed by atoms with E-state index in [2.05, 4.69) is 168 Å². The minimum atomic E-state index is 0.692. The molecule has 0 bridgehead atoms. The quantitative estimate of drug-likeness (QED) is 0.183. The average Bonchev–Trinajstić information content (AvgIpc) is 3.91. The number of rotatable bonds is 3. The molecule has 0 radical (unpaired) electrons. The van der Waals surface area contributed by atoms with Crippen molar-refractivity contribution >= 4 is 106 Å². The van der Waals surface area contributed by atoms with Crippen LogP contribution in [-0.2, 0) is 0 Å². The third-order valence-electron chi connectivity index (χ3n) is 10.8. The molecule has 0 saturated heterocycles. The number of para-hydroxylation sites is 1. The standard InChI is InChI=1S/C48H27N3S2/c1-2-12-31-27-32(26-23-28(31)11-1)29-21-24-30(25-22-29)44-43-37-17-7-10-20-40(37)53-47(43)50-48(49-44)51-38-18-8-5-15-35(38)41-33-13-3-4-14-34(33)42-36-16-6-9-19-39(36)52-46(42)45(41)51/h1-27H. The van der Waals surface area contributed by atoms with Gasteiger partial charge in [-0.3, -0.25) is 4.57 Å². The smallest absolute Gasteiger partial charge is 0.236 e. The fourth-order valence-electron chi connectivity index (χ4n) is 8.44. The van der Waals surface area contributed by atoms with Gasteiger partial charge in [-0.2, -0.15) is 0 Å². The van der Waals surface area contributed by atoms with E-state index in [0.29, 0.717) is 5.95 Å². The van der Waals surface area contributed by atoms with Crippen molar-refractivity contribution in [2.75, 3.05) is 0 Å². The first-order chi connectivity index (χ1) is 26.3. The lowest BCUT2D eigenvalue weighted by Gasteiger charge is -2.12. The van der Waals surface area contributed by atoms with Crippen LogP contribution in [0.2, 0.25) is 0 Å². The highest BCUT2D eigenvalue weighted by Gasteiger charge is 2.24. The Kier molecular flexibility index (Phi) is 6.09. The van der Waals surface area contributed by atoms with E-state index in [1.54, 1.807) is 11.3 Å². The van der Waals surface area contributed by atoms with E-state index in [0.717, 1.165) is 27.0 Å². The fraction of sp³-hybridized carbons (Fsp3) is 0. The van der Waals surface area contributed by atoms with E-state index in [-0.39, 0.29) is 0 Å². The monoisotopic (exact) mass is 709 g/mol. The highest BCUT2D eigenvalue weighted by Crippen LogP contribution is 2.48. The van der Waals surface area contributed by atoms with Gasteiger partial charge in [0.2, 0.25) is 5.95 Å². The summed E-state index contributed by atoms with van der Waals surface area (Å²) in [6.45, 7) is 0. The molecule has 3 nitrogen and oxygen atoms in total. The number of fused-ring (bicyclic) bond motifs is 14. The highest BCUT2D eigenvalue weighted by molar-refractivity contribution is 7.27. The van der Waals surface area contributed by atoms with Crippen molar-refractivity contribution in [3.05, 3.63) is 164 Å². The van der Waals surface area contributed by atoms with E-state index in [1.807, 2.05) is 11.3 Å². The van der Waals surface area contributed by atoms with Crippen LogP contribution in [0.3, 0.4) is 0 Å². The predicted molar refractivity (Wildman–Crippen MR) is 228 cm³/mol. The molecule has 8 aromatic carbocycles. The van der Waals surface area contributed by atoms with Crippen LogP contribution in [0.1, 0.15) is 0 Å². The summed E-state index contributed by atoms with van der Waals surface area (Å²) in [4.78, 5) is 12.0. The van der Waals surface area contributed by atoms with E-state index >= 15 is 0 Å². The Bertz CT molecular complexity index is 3460. The van der Waals surface area contributed by atoms with Crippen molar-refractivity contribution in [3.8, 4) is 28.3 Å². The van der Waals surface area contributed by atoms with Crippen LogP contribution in [0.4, 0.5) is 0 Å². The maximum absolute atomic E-state index is 5.58. The van der Waals surface area contributed by atoms with Gasteiger partial charge in [0.15, 0.2) is 0 Å². The molecular formula is C48H27N3S2. The second kappa shape index (κ2) is 11.1. The Hall–Kier alpha value is -6.40. The Morgan fingerprint density at radius 1 is 0.415 bits per heavy atom. The number of benzene rings is 8. The van der Waals surface area contributed by atoms with Crippen LogP contribution in [0.25, 0.3) is 112 Å². The summed E-state index contributed by atoms with van der Waals surface area (Å²) in [7, 11) is 0. The highest BCUT2D eigenvalue weighted by atomic mass is 32.1. The predicted octanol–water partition coefficient (Wildman–Crippen LogP) is 13.9. The lowest BCUT2D eigenvalue weighted by atomic mass is 9.99. The summed E-state index contributed by atoms with van der Waals surface area (Å²) >= 11 is 3.61. The molecule has 0 unspecified atom stereocenters. The SMILES string of the molecule is c1ccc2cc(-c3ccc(-c4nc(-n5c6ccccc6c6c7ccccc7c7c8ccccc8sc7c65)nc5sc6ccccc6c45)cc3)ccc2c1. The summed E-state index contributed by atoms with van der Waals surface area (Å²) < 4.78 is 6.09. The van der Waals surface area contributed by atoms with Gasteiger partial charge in [-0.25, -0.2) is 9.97 Å². The van der Waals surface area contributed by atoms with E-state index < -0.39 is 0 Å². The molecular weight excluding hydrogens is 683 g/mol. The molecule has 4 aromatic heterocycles. The molecule has 0 fully saturated rings. The average molecular weight is 710 g/mol. The van der Waals surface area contributed by atoms with Gasteiger partial charge < -0.3 is 0 Å². The van der Waals surface area contributed by atoms with Gasteiger partial charge in [0.25, 0.3) is 0 Å². The first kappa shape index (κ1) is 29.2. The fourth-order valence-corrected chi connectivity index (χ4v) is 10.8. The Morgan fingerprint density at radius 2 is 1.00 bits per heavy atom. The molecule has 12 rings (SSSR count). The second-order valence-corrected chi connectivity index (χ2v) is 15.8. The minimum absolute atomic E-state index is 0.692. The molecule has 0 atom stereocenters. The summed E-state index contributed by atoms with van der Waals surface area (Å²) in [5.74, 6) is 0.692. The third-order valence-corrected chi connectivity index (χ3v) is 13.1. The lowest BCUT2D eigenvalue weighted by Crippen LogP contribution is -2.02. The Labute approximate surface area is 311 Å². The number of nitrogens with zero attached hydrogens (tertiary/aromatic N) is 3. The molecule has 0 aliphatic heterocycles.